The van der Waals surface area contributed by atoms with Crippen LogP contribution < -0.4 is 5.32 Å². The van der Waals surface area contributed by atoms with E-state index in [4.69, 9.17) is 27.0 Å². The Morgan fingerprint density at radius 1 is 1.43 bits per heavy atom. The second kappa shape index (κ2) is 6.48. The van der Waals surface area contributed by atoms with Crippen molar-refractivity contribution in [1.29, 1.82) is 0 Å². The van der Waals surface area contributed by atoms with Gasteiger partial charge in [0.15, 0.2) is 5.82 Å². The van der Waals surface area contributed by atoms with Gasteiger partial charge in [0.2, 0.25) is 0 Å². The Morgan fingerprint density at radius 3 is 2.71 bits per heavy atom. The van der Waals surface area contributed by atoms with E-state index in [-0.39, 0.29) is 11.1 Å². The van der Waals surface area contributed by atoms with Gasteiger partial charge in [-0.15, -0.1) is 0 Å². The quantitative estimate of drug-likeness (QED) is 0.844. The van der Waals surface area contributed by atoms with Crippen LogP contribution in [0.1, 0.15) is 23.2 Å². The standard InChI is InChI=1S/C12H12Cl2FNO4S/c13-7-4-9(11(15)10(5-7)21(14,18)19)12(17)16-8-2-1-3-20-6-8/h4-5,8H,1-3,6H2,(H,16,17). The van der Waals surface area contributed by atoms with E-state index in [0.29, 0.717) is 19.6 Å². The maximum absolute atomic E-state index is 14.1. The molecule has 1 heterocycles. The van der Waals surface area contributed by atoms with Crippen molar-refractivity contribution in [2.24, 2.45) is 0 Å². The summed E-state index contributed by atoms with van der Waals surface area (Å²) in [6, 6.07) is 1.67. The van der Waals surface area contributed by atoms with Gasteiger partial charge in [-0.2, -0.15) is 0 Å². The van der Waals surface area contributed by atoms with Crippen molar-refractivity contribution >= 4 is 37.2 Å². The molecule has 1 aromatic carbocycles. The summed E-state index contributed by atoms with van der Waals surface area (Å²) < 4.78 is 41.9. The zero-order valence-corrected chi connectivity index (χ0v) is 13.1. The van der Waals surface area contributed by atoms with Crippen LogP contribution in [-0.4, -0.2) is 33.6 Å². The third kappa shape index (κ3) is 4.06. The van der Waals surface area contributed by atoms with Crippen LogP contribution in [-0.2, 0) is 13.8 Å². The lowest BCUT2D eigenvalue weighted by atomic mass is 10.1. The van der Waals surface area contributed by atoms with E-state index in [1.807, 2.05) is 0 Å². The SMILES string of the molecule is O=C(NC1CCCOC1)c1cc(Cl)cc(S(=O)(=O)Cl)c1F. The molecule has 2 rings (SSSR count). The van der Waals surface area contributed by atoms with Gasteiger partial charge in [-0.05, 0) is 25.0 Å². The lowest BCUT2D eigenvalue weighted by Gasteiger charge is -2.23. The number of halogens is 3. The largest absolute Gasteiger partial charge is 0.379 e. The predicted molar refractivity (Wildman–Crippen MR) is 75.8 cm³/mol. The molecule has 0 saturated carbocycles. The number of carbonyl (C=O) groups is 1. The van der Waals surface area contributed by atoms with Crippen LogP contribution in [0.25, 0.3) is 0 Å². The molecule has 1 aliphatic heterocycles. The molecule has 1 saturated heterocycles. The molecule has 1 atom stereocenters. The Morgan fingerprint density at radius 2 is 2.14 bits per heavy atom. The molecule has 1 aliphatic rings. The zero-order valence-electron chi connectivity index (χ0n) is 10.7. The highest BCUT2D eigenvalue weighted by molar-refractivity contribution is 8.13. The van der Waals surface area contributed by atoms with Gasteiger partial charge >= 0.3 is 0 Å². The number of nitrogens with one attached hydrogen (secondary N) is 1. The van der Waals surface area contributed by atoms with Crippen molar-refractivity contribution < 1.29 is 22.3 Å². The summed E-state index contributed by atoms with van der Waals surface area (Å²) in [5, 5.41) is 2.48. The number of rotatable bonds is 3. The smallest absolute Gasteiger partial charge is 0.264 e. The minimum atomic E-state index is -4.34. The zero-order chi connectivity index (χ0) is 15.6. The average Bonchev–Trinajstić information content (AvgIpc) is 2.40. The van der Waals surface area contributed by atoms with Crippen molar-refractivity contribution in [2.45, 2.75) is 23.8 Å². The summed E-state index contributed by atoms with van der Waals surface area (Å²) in [4.78, 5) is 11.2. The Hall–Kier alpha value is -0.890. The van der Waals surface area contributed by atoms with E-state index in [9.17, 15) is 17.6 Å². The van der Waals surface area contributed by atoms with Gasteiger partial charge in [0, 0.05) is 22.3 Å². The molecule has 0 radical (unpaired) electrons. The van der Waals surface area contributed by atoms with Crippen LogP contribution in [0.15, 0.2) is 17.0 Å². The second-order valence-electron chi connectivity index (χ2n) is 4.59. The van der Waals surface area contributed by atoms with Gasteiger partial charge < -0.3 is 10.1 Å². The maximum atomic E-state index is 14.1. The Kier molecular flexibility index (Phi) is 5.08. The van der Waals surface area contributed by atoms with Crippen molar-refractivity contribution in [2.75, 3.05) is 13.2 Å². The molecule has 1 unspecified atom stereocenters. The van der Waals surface area contributed by atoms with Crippen molar-refractivity contribution in [3.05, 3.63) is 28.5 Å². The number of amides is 1. The number of hydrogen-bond donors (Lipinski definition) is 1. The highest BCUT2D eigenvalue weighted by atomic mass is 35.7. The van der Waals surface area contributed by atoms with Crippen LogP contribution >= 0.6 is 22.3 Å². The first-order valence-electron chi connectivity index (χ1n) is 6.11. The van der Waals surface area contributed by atoms with Crippen LogP contribution in [0.4, 0.5) is 4.39 Å². The molecule has 0 spiro atoms. The molecule has 116 valence electrons. The van der Waals surface area contributed by atoms with Crippen molar-refractivity contribution in [3.63, 3.8) is 0 Å². The topological polar surface area (TPSA) is 72.5 Å². The van der Waals surface area contributed by atoms with Crippen LogP contribution in [0, 0.1) is 5.82 Å². The van der Waals surface area contributed by atoms with E-state index < -0.39 is 31.2 Å². The Balaban J connectivity index is 2.30. The minimum absolute atomic E-state index is 0.0966. The van der Waals surface area contributed by atoms with Gasteiger partial charge in [-0.3, -0.25) is 4.79 Å². The lowest BCUT2D eigenvalue weighted by molar-refractivity contribution is 0.0622. The van der Waals surface area contributed by atoms with Gasteiger partial charge in [0.05, 0.1) is 18.2 Å². The highest BCUT2D eigenvalue weighted by Gasteiger charge is 2.25. The fourth-order valence-corrected chi connectivity index (χ4v) is 3.24. The third-order valence-electron chi connectivity index (χ3n) is 3.01. The fraction of sp³-hybridized carbons (Fsp3) is 0.417. The van der Waals surface area contributed by atoms with Crippen LogP contribution in [0.5, 0.6) is 0 Å². The molecule has 0 aromatic heterocycles. The molecule has 0 aliphatic carbocycles. The minimum Gasteiger partial charge on any atom is -0.379 e. The van der Waals surface area contributed by atoms with E-state index in [1.165, 1.54) is 0 Å². The molecule has 0 bridgehead atoms. The average molecular weight is 356 g/mol. The highest BCUT2D eigenvalue weighted by Crippen LogP contribution is 2.26. The van der Waals surface area contributed by atoms with E-state index in [1.54, 1.807) is 0 Å². The van der Waals surface area contributed by atoms with Crippen molar-refractivity contribution in [1.82, 2.24) is 5.32 Å². The molecular formula is C12H12Cl2FNO4S. The first kappa shape index (κ1) is 16.5. The summed E-state index contributed by atoms with van der Waals surface area (Å²) in [6.07, 6.45) is 1.48. The molecule has 5 nitrogen and oxygen atoms in total. The molecular weight excluding hydrogens is 344 g/mol. The van der Waals surface area contributed by atoms with Gasteiger partial charge in [0.1, 0.15) is 4.90 Å². The third-order valence-corrected chi connectivity index (χ3v) is 4.55. The van der Waals surface area contributed by atoms with Gasteiger partial charge in [-0.1, -0.05) is 11.6 Å². The lowest BCUT2D eigenvalue weighted by Crippen LogP contribution is -2.41. The molecule has 1 aromatic rings. The summed E-state index contributed by atoms with van der Waals surface area (Å²) >= 11 is 5.72. The molecule has 1 amide bonds. The normalized spacial score (nSPS) is 19.3. The molecule has 9 heteroatoms. The molecule has 21 heavy (non-hydrogen) atoms. The molecule has 1 N–H and O–H groups in total. The summed E-state index contributed by atoms with van der Waals surface area (Å²) in [6.45, 7) is 0.946. The van der Waals surface area contributed by atoms with Gasteiger partial charge in [-0.25, -0.2) is 12.8 Å². The fourth-order valence-electron chi connectivity index (χ4n) is 2.02. The van der Waals surface area contributed by atoms with Crippen LogP contribution in [0.2, 0.25) is 5.02 Å². The second-order valence-corrected chi connectivity index (χ2v) is 7.56. The molecule has 1 fully saturated rings. The van der Waals surface area contributed by atoms with Gasteiger partial charge in [0.25, 0.3) is 15.0 Å². The monoisotopic (exact) mass is 355 g/mol. The Bertz CT molecular complexity index is 659. The van der Waals surface area contributed by atoms with E-state index in [2.05, 4.69) is 5.32 Å². The first-order chi connectivity index (χ1) is 9.79. The Labute approximate surface area is 130 Å². The predicted octanol–water partition coefficient (Wildman–Crippen LogP) is 2.32. The van der Waals surface area contributed by atoms with Crippen molar-refractivity contribution in [3.8, 4) is 0 Å². The first-order valence-corrected chi connectivity index (χ1v) is 8.80. The number of carbonyl (C=O) groups excluding carboxylic acids is 1. The summed E-state index contributed by atoms with van der Waals surface area (Å²) in [5.74, 6) is -1.98. The maximum Gasteiger partial charge on any atom is 0.264 e. The van der Waals surface area contributed by atoms with Crippen LogP contribution in [0.3, 0.4) is 0 Å². The summed E-state index contributed by atoms with van der Waals surface area (Å²) in [5.41, 5.74) is -0.465. The number of ether oxygens (including phenoxy) is 1. The summed E-state index contributed by atoms with van der Waals surface area (Å²) in [7, 11) is 0.789. The number of benzene rings is 1. The van der Waals surface area contributed by atoms with E-state index in [0.717, 1.165) is 18.6 Å². The van der Waals surface area contributed by atoms with E-state index >= 15 is 0 Å². The number of hydrogen-bond acceptors (Lipinski definition) is 4.